The molecular weight excluding hydrogens is 107 g/mol. The highest BCUT2D eigenvalue weighted by Gasteiger charge is 2.24. The SMILES string of the molecule is CB1C=CC=CC1(C)C. The van der Waals surface area contributed by atoms with E-state index in [-0.39, 0.29) is 0 Å². The van der Waals surface area contributed by atoms with Crippen LogP contribution in [0.25, 0.3) is 0 Å². The van der Waals surface area contributed by atoms with Crippen LogP contribution in [-0.2, 0) is 0 Å². The largest absolute Gasteiger partial charge is 0.173 e. The number of rotatable bonds is 0. The Balaban J connectivity index is 2.78. The molecule has 1 heteroatoms. The summed E-state index contributed by atoms with van der Waals surface area (Å²) in [5, 5.41) is 0.370. The summed E-state index contributed by atoms with van der Waals surface area (Å²) in [6, 6.07) is 0. The molecule has 1 heterocycles. The van der Waals surface area contributed by atoms with Gasteiger partial charge < -0.3 is 0 Å². The zero-order valence-corrected chi connectivity index (χ0v) is 6.39. The van der Waals surface area contributed by atoms with E-state index >= 15 is 0 Å². The van der Waals surface area contributed by atoms with Crippen LogP contribution >= 0.6 is 0 Å². The van der Waals surface area contributed by atoms with Gasteiger partial charge in [0.25, 0.3) is 0 Å². The zero-order chi connectivity index (χ0) is 6.91. The molecular formula is C8H13B. The average Bonchev–Trinajstić information content (AvgIpc) is 1.77. The van der Waals surface area contributed by atoms with E-state index in [2.05, 4.69) is 44.9 Å². The van der Waals surface area contributed by atoms with Crippen LogP contribution in [-0.4, -0.2) is 6.71 Å². The van der Waals surface area contributed by atoms with Gasteiger partial charge in [0, 0.05) is 0 Å². The van der Waals surface area contributed by atoms with Gasteiger partial charge in [0.2, 0.25) is 0 Å². The maximum atomic E-state index is 2.26. The summed E-state index contributed by atoms with van der Waals surface area (Å²) in [7, 11) is 0. The van der Waals surface area contributed by atoms with Crippen LogP contribution in [0.4, 0.5) is 0 Å². The van der Waals surface area contributed by atoms with Gasteiger partial charge in [0.05, 0.1) is 0 Å². The van der Waals surface area contributed by atoms with Gasteiger partial charge in [-0.15, -0.1) is 5.98 Å². The van der Waals surface area contributed by atoms with E-state index in [1.807, 2.05) is 0 Å². The van der Waals surface area contributed by atoms with E-state index in [1.165, 1.54) is 0 Å². The molecule has 0 aromatic heterocycles. The van der Waals surface area contributed by atoms with Gasteiger partial charge >= 0.3 is 0 Å². The maximum absolute atomic E-state index is 2.26. The summed E-state index contributed by atoms with van der Waals surface area (Å²) in [6.07, 6.45) is 6.51. The Morgan fingerprint density at radius 2 is 1.89 bits per heavy atom. The predicted octanol–water partition coefficient (Wildman–Crippen LogP) is 2.56. The second-order valence-electron chi connectivity index (χ2n) is 3.35. The molecule has 0 saturated carbocycles. The molecule has 0 amide bonds. The third-order valence-electron chi connectivity index (χ3n) is 2.21. The van der Waals surface area contributed by atoms with Gasteiger partial charge in [-0.3, -0.25) is 0 Å². The first-order valence-electron chi connectivity index (χ1n) is 3.49. The maximum Gasteiger partial charge on any atom is 0.173 e. The van der Waals surface area contributed by atoms with E-state index in [9.17, 15) is 0 Å². The Hall–Kier alpha value is -0.455. The van der Waals surface area contributed by atoms with Crippen LogP contribution in [0.5, 0.6) is 0 Å². The first-order valence-corrected chi connectivity index (χ1v) is 3.49. The first kappa shape index (κ1) is 6.66. The molecule has 0 fully saturated rings. The third-order valence-corrected chi connectivity index (χ3v) is 2.21. The Bertz CT molecular complexity index is 154. The van der Waals surface area contributed by atoms with Crippen LogP contribution < -0.4 is 0 Å². The van der Waals surface area contributed by atoms with Gasteiger partial charge in [-0.25, -0.2) is 0 Å². The Morgan fingerprint density at radius 1 is 1.22 bits per heavy atom. The first-order chi connectivity index (χ1) is 4.13. The molecule has 1 aliphatic rings. The minimum atomic E-state index is 0.370. The lowest BCUT2D eigenvalue weighted by Crippen LogP contribution is -2.21. The summed E-state index contributed by atoms with van der Waals surface area (Å²) >= 11 is 0. The molecule has 0 nitrogen and oxygen atoms in total. The van der Waals surface area contributed by atoms with Crippen molar-refractivity contribution in [2.24, 2.45) is 0 Å². The molecule has 0 aromatic carbocycles. The monoisotopic (exact) mass is 120 g/mol. The van der Waals surface area contributed by atoms with Crippen LogP contribution in [0.3, 0.4) is 0 Å². The minimum absolute atomic E-state index is 0.370. The lowest BCUT2D eigenvalue weighted by Gasteiger charge is -2.25. The van der Waals surface area contributed by atoms with Gasteiger partial charge in [-0.05, 0) is 5.31 Å². The van der Waals surface area contributed by atoms with Crippen molar-refractivity contribution in [2.45, 2.75) is 26.0 Å². The second-order valence-corrected chi connectivity index (χ2v) is 3.35. The molecule has 9 heavy (non-hydrogen) atoms. The van der Waals surface area contributed by atoms with E-state index in [4.69, 9.17) is 0 Å². The molecule has 0 N–H and O–H groups in total. The fraction of sp³-hybridized carbons (Fsp3) is 0.500. The summed E-state index contributed by atoms with van der Waals surface area (Å²) in [5.41, 5.74) is 0. The van der Waals surface area contributed by atoms with Crippen molar-refractivity contribution in [1.82, 2.24) is 0 Å². The van der Waals surface area contributed by atoms with Crippen molar-refractivity contribution in [1.29, 1.82) is 0 Å². The second kappa shape index (κ2) is 2.05. The van der Waals surface area contributed by atoms with E-state index in [0.717, 1.165) is 0 Å². The number of allylic oxidation sites excluding steroid dienone is 3. The topological polar surface area (TPSA) is 0 Å². The molecule has 48 valence electrons. The van der Waals surface area contributed by atoms with Gasteiger partial charge in [-0.2, -0.15) is 0 Å². The van der Waals surface area contributed by atoms with Crippen molar-refractivity contribution in [3.63, 3.8) is 0 Å². The Kier molecular flexibility index (Phi) is 1.52. The molecule has 0 aliphatic carbocycles. The lowest BCUT2D eigenvalue weighted by molar-refractivity contribution is 0.833. The zero-order valence-electron chi connectivity index (χ0n) is 6.39. The molecule has 0 saturated heterocycles. The number of hydrogen-bond donors (Lipinski definition) is 0. The number of hydrogen-bond acceptors (Lipinski definition) is 0. The van der Waals surface area contributed by atoms with Crippen molar-refractivity contribution in [3.8, 4) is 0 Å². The summed E-state index contributed by atoms with van der Waals surface area (Å²) in [6.45, 7) is 7.46. The summed E-state index contributed by atoms with van der Waals surface area (Å²) < 4.78 is 0. The van der Waals surface area contributed by atoms with Crippen LogP contribution in [0.15, 0.2) is 24.2 Å². The highest BCUT2D eigenvalue weighted by Crippen LogP contribution is 2.32. The van der Waals surface area contributed by atoms with Crippen molar-refractivity contribution < 1.29 is 0 Å². The highest BCUT2D eigenvalue weighted by molar-refractivity contribution is 6.66. The molecule has 1 rings (SSSR count). The third kappa shape index (κ3) is 1.26. The molecule has 0 bridgehead atoms. The average molecular weight is 120 g/mol. The Labute approximate surface area is 57.7 Å². The van der Waals surface area contributed by atoms with Crippen LogP contribution in [0, 0.1) is 0 Å². The van der Waals surface area contributed by atoms with E-state index in [0.29, 0.717) is 12.0 Å². The Morgan fingerprint density at radius 3 is 2.22 bits per heavy atom. The van der Waals surface area contributed by atoms with Gasteiger partial charge in [0.15, 0.2) is 6.71 Å². The molecule has 0 spiro atoms. The molecule has 1 aliphatic heterocycles. The quantitative estimate of drug-likeness (QED) is 0.431. The van der Waals surface area contributed by atoms with Crippen molar-refractivity contribution in [2.75, 3.05) is 0 Å². The lowest BCUT2D eigenvalue weighted by atomic mass is 9.35. The van der Waals surface area contributed by atoms with Gasteiger partial charge in [0.1, 0.15) is 0 Å². The fourth-order valence-electron chi connectivity index (χ4n) is 0.934. The predicted molar refractivity (Wildman–Crippen MR) is 43.9 cm³/mol. The smallest absolute Gasteiger partial charge is 0.114 e. The molecule has 0 radical (unpaired) electrons. The van der Waals surface area contributed by atoms with E-state index in [1.54, 1.807) is 0 Å². The molecule has 0 atom stereocenters. The summed E-state index contributed by atoms with van der Waals surface area (Å²) in [4.78, 5) is 0. The van der Waals surface area contributed by atoms with Crippen molar-refractivity contribution in [3.05, 3.63) is 24.2 Å². The molecule has 0 aromatic rings. The van der Waals surface area contributed by atoms with Crippen molar-refractivity contribution >= 4 is 6.71 Å². The van der Waals surface area contributed by atoms with Crippen LogP contribution in [0.2, 0.25) is 12.1 Å². The minimum Gasteiger partial charge on any atom is -0.114 e. The standard InChI is InChI=1S/C8H13B/c1-8(2)6-4-5-7-9(8)3/h4-7H,1-3H3. The van der Waals surface area contributed by atoms with E-state index < -0.39 is 0 Å². The normalized spacial score (nSPS) is 22.8. The van der Waals surface area contributed by atoms with Gasteiger partial charge in [-0.1, -0.05) is 38.9 Å². The fourth-order valence-corrected chi connectivity index (χ4v) is 0.934. The summed E-state index contributed by atoms with van der Waals surface area (Å²) in [5.74, 6) is 2.25. The molecule has 0 unspecified atom stereocenters. The van der Waals surface area contributed by atoms with Crippen LogP contribution in [0.1, 0.15) is 13.8 Å². The highest BCUT2D eigenvalue weighted by atomic mass is 14.1.